The first-order valence-corrected chi connectivity index (χ1v) is 6.10. The number of hydrogen-bond donors (Lipinski definition) is 3. The van der Waals surface area contributed by atoms with Gasteiger partial charge in [-0.05, 0) is 29.8 Å². The van der Waals surface area contributed by atoms with Gasteiger partial charge in [-0.25, -0.2) is 0 Å². The molecule has 0 aromatic heterocycles. The SMILES string of the molecule is CC(=O)Nc1cccc(NCc2ccccc2N)c1. The predicted molar refractivity (Wildman–Crippen MR) is 78.9 cm³/mol. The molecule has 4 heteroatoms. The van der Waals surface area contributed by atoms with Crippen LogP contribution in [-0.2, 0) is 11.3 Å². The molecule has 0 atom stereocenters. The van der Waals surface area contributed by atoms with E-state index in [0.29, 0.717) is 6.54 Å². The molecule has 1 amide bonds. The van der Waals surface area contributed by atoms with Gasteiger partial charge in [-0.1, -0.05) is 24.3 Å². The van der Waals surface area contributed by atoms with Gasteiger partial charge < -0.3 is 16.4 Å². The molecule has 2 aromatic carbocycles. The Morgan fingerprint density at radius 1 is 1.11 bits per heavy atom. The number of hydrogen-bond acceptors (Lipinski definition) is 3. The quantitative estimate of drug-likeness (QED) is 0.736. The number of carbonyl (C=O) groups is 1. The van der Waals surface area contributed by atoms with Crippen molar-refractivity contribution in [3.05, 3.63) is 54.1 Å². The summed E-state index contributed by atoms with van der Waals surface area (Å²) in [5.74, 6) is -0.0792. The van der Waals surface area contributed by atoms with Crippen LogP contribution in [0.5, 0.6) is 0 Å². The van der Waals surface area contributed by atoms with Crippen LogP contribution in [0.4, 0.5) is 17.1 Å². The van der Waals surface area contributed by atoms with Crippen LogP contribution in [0.1, 0.15) is 12.5 Å². The zero-order valence-corrected chi connectivity index (χ0v) is 10.8. The second kappa shape index (κ2) is 5.91. The largest absolute Gasteiger partial charge is 0.398 e. The zero-order valence-electron chi connectivity index (χ0n) is 10.8. The Morgan fingerprint density at radius 2 is 1.84 bits per heavy atom. The molecule has 2 aromatic rings. The molecule has 2 rings (SSSR count). The fraction of sp³-hybridized carbons (Fsp3) is 0.133. The number of carbonyl (C=O) groups excluding carboxylic acids is 1. The molecule has 0 heterocycles. The van der Waals surface area contributed by atoms with E-state index in [1.165, 1.54) is 6.92 Å². The molecule has 0 saturated heterocycles. The number of amides is 1. The zero-order chi connectivity index (χ0) is 13.7. The average molecular weight is 255 g/mol. The van der Waals surface area contributed by atoms with Crippen molar-refractivity contribution in [2.75, 3.05) is 16.4 Å². The second-order valence-corrected chi connectivity index (χ2v) is 4.31. The number of rotatable bonds is 4. The van der Waals surface area contributed by atoms with E-state index in [4.69, 9.17) is 5.73 Å². The van der Waals surface area contributed by atoms with Crippen LogP contribution >= 0.6 is 0 Å². The maximum atomic E-state index is 11.0. The fourth-order valence-electron chi connectivity index (χ4n) is 1.80. The first-order valence-electron chi connectivity index (χ1n) is 6.10. The minimum Gasteiger partial charge on any atom is -0.398 e. The lowest BCUT2D eigenvalue weighted by Gasteiger charge is -2.10. The average Bonchev–Trinajstić information content (AvgIpc) is 2.37. The van der Waals surface area contributed by atoms with Gasteiger partial charge in [0, 0.05) is 30.5 Å². The van der Waals surface area contributed by atoms with Gasteiger partial charge in [-0.15, -0.1) is 0 Å². The maximum absolute atomic E-state index is 11.0. The normalized spacial score (nSPS) is 9.95. The van der Waals surface area contributed by atoms with Crippen LogP contribution in [0.25, 0.3) is 0 Å². The molecule has 0 fully saturated rings. The molecule has 0 aliphatic carbocycles. The molecular weight excluding hydrogens is 238 g/mol. The van der Waals surface area contributed by atoms with E-state index in [0.717, 1.165) is 22.6 Å². The number of nitrogens with two attached hydrogens (primary N) is 1. The van der Waals surface area contributed by atoms with Crippen molar-refractivity contribution in [1.29, 1.82) is 0 Å². The monoisotopic (exact) mass is 255 g/mol. The molecule has 98 valence electrons. The van der Waals surface area contributed by atoms with Gasteiger partial charge in [0.2, 0.25) is 5.91 Å². The maximum Gasteiger partial charge on any atom is 0.221 e. The van der Waals surface area contributed by atoms with E-state index < -0.39 is 0 Å². The Morgan fingerprint density at radius 3 is 2.58 bits per heavy atom. The summed E-state index contributed by atoms with van der Waals surface area (Å²) in [4.78, 5) is 11.0. The summed E-state index contributed by atoms with van der Waals surface area (Å²) in [7, 11) is 0. The second-order valence-electron chi connectivity index (χ2n) is 4.31. The highest BCUT2D eigenvalue weighted by atomic mass is 16.1. The van der Waals surface area contributed by atoms with Crippen molar-refractivity contribution in [2.45, 2.75) is 13.5 Å². The van der Waals surface area contributed by atoms with Gasteiger partial charge >= 0.3 is 0 Å². The summed E-state index contributed by atoms with van der Waals surface area (Å²) < 4.78 is 0. The molecule has 4 N–H and O–H groups in total. The van der Waals surface area contributed by atoms with E-state index >= 15 is 0 Å². The third kappa shape index (κ3) is 3.74. The van der Waals surface area contributed by atoms with E-state index in [2.05, 4.69) is 10.6 Å². The summed E-state index contributed by atoms with van der Waals surface area (Å²) in [5, 5.41) is 6.04. The van der Waals surface area contributed by atoms with E-state index in [-0.39, 0.29) is 5.91 Å². The Labute approximate surface area is 112 Å². The smallest absolute Gasteiger partial charge is 0.221 e. The predicted octanol–water partition coefficient (Wildman–Crippen LogP) is 2.84. The Kier molecular flexibility index (Phi) is 4.03. The minimum absolute atomic E-state index is 0.0792. The van der Waals surface area contributed by atoms with Crippen molar-refractivity contribution >= 4 is 23.0 Å². The Hall–Kier alpha value is -2.49. The van der Waals surface area contributed by atoms with Gasteiger partial charge in [0.1, 0.15) is 0 Å². The summed E-state index contributed by atoms with van der Waals surface area (Å²) in [6.45, 7) is 2.14. The third-order valence-corrected chi connectivity index (χ3v) is 2.72. The van der Waals surface area contributed by atoms with Crippen LogP contribution in [-0.4, -0.2) is 5.91 Å². The lowest BCUT2D eigenvalue weighted by molar-refractivity contribution is -0.114. The summed E-state index contributed by atoms with van der Waals surface area (Å²) in [6, 6.07) is 15.3. The van der Waals surface area contributed by atoms with Gasteiger partial charge in [-0.2, -0.15) is 0 Å². The molecule has 4 nitrogen and oxygen atoms in total. The van der Waals surface area contributed by atoms with Gasteiger partial charge in [-0.3, -0.25) is 4.79 Å². The highest BCUT2D eigenvalue weighted by molar-refractivity contribution is 5.89. The highest BCUT2D eigenvalue weighted by Gasteiger charge is 2.00. The van der Waals surface area contributed by atoms with Gasteiger partial charge in [0.15, 0.2) is 0 Å². The minimum atomic E-state index is -0.0792. The van der Waals surface area contributed by atoms with E-state index in [1.54, 1.807) is 0 Å². The molecule has 0 bridgehead atoms. The number of anilines is 3. The molecule has 0 saturated carbocycles. The topological polar surface area (TPSA) is 67.2 Å². The van der Waals surface area contributed by atoms with Crippen LogP contribution in [0.3, 0.4) is 0 Å². The number of benzene rings is 2. The van der Waals surface area contributed by atoms with Gasteiger partial charge in [0.25, 0.3) is 0 Å². The highest BCUT2D eigenvalue weighted by Crippen LogP contribution is 2.17. The number of nitrogen functional groups attached to an aromatic ring is 1. The molecule has 0 aliphatic rings. The van der Waals surface area contributed by atoms with Crippen LogP contribution in [0.15, 0.2) is 48.5 Å². The molecule has 19 heavy (non-hydrogen) atoms. The lowest BCUT2D eigenvalue weighted by atomic mass is 10.2. The van der Waals surface area contributed by atoms with Crippen LogP contribution in [0.2, 0.25) is 0 Å². The molecular formula is C15H17N3O. The summed E-state index contributed by atoms with van der Waals surface area (Å²) in [5.41, 5.74) is 9.42. The fourth-order valence-corrected chi connectivity index (χ4v) is 1.80. The van der Waals surface area contributed by atoms with Crippen molar-refractivity contribution < 1.29 is 4.79 Å². The first kappa shape index (κ1) is 13.0. The Bertz CT molecular complexity index is 581. The van der Waals surface area contributed by atoms with Crippen molar-refractivity contribution in [1.82, 2.24) is 0 Å². The van der Waals surface area contributed by atoms with Crippen molar-refractivity contribution in [3.8, 4) is 0 Å². The molecule has 0 spiro atoms. The third-order valence-electron chi connectivity index (χ3n) is 2.72. The number of para-hydroxylation sites is 1. The molecule has 0 radical (unpaired) electrons. The van der Waals surface area contributed by atoms with Crippen LogP contribution < -0.4 is 16.4 Å². The van der Waals surface area contributed by atoms with Gasteiger partial charge in [0.05, 0.1) is 0 Å². The number of nitrogens with one attached hydrogen (secondary N) is 2. The molecule has 0 unspecified atom stereocenters. The summed E-state index contributed by atoms with van der Waals surface area (Å²) >= 11 is 0. The van der Waals surface area contributed by atoms with E-state index in [9.17, 15) is 4.79 Å². The van der Waals surface area contributed by atoms with Crippen LogP contribution in [0, 0.1) is 0 Å². The first-order chi connectivity index (χ1) is 9.15. The van der Waals surface area contributed by atoms with Crippen molar-refractivity contribution in [3.63, 3.8) is 0 Å². The standard InChI is InChI=1S/C15H17N3O/c1-11(19)18-14-7-4-6-13(9-14)17-10-12-5-2-3-8-15(12)16/h2-9,17H,10,16H2,1H3,(H,18,19). The molecule has 0 aliphatic heterocycles. The lowest BCUT2D eigenvalue weighted by Crippen LogP contribution is -2.06. The van der Waals surface area contributed by atoms with Crippen molar-refractivity contribution in [2.24, 2.45) is 0 Å². The Balaban J connectivity index is 2.03. The van der Waals surface area contributed by atoms with E-state index in [1.807, 2.05) is 48.5 Å². The summed E-state index contributed by atoms with van der Waals surface area (Å²) in [6.07, 6.45) is 0.